The summed E-state index contributed by atoms with van der Waals surface area (Å²) in [6.07, 6.45) is 3.95. The third-order valence-corrected chi connectivity index (χ3v) is 3.31. The summed E-state index contributed by atoms with van der Waals surface area (Å²) in [6, 6.07) is 0. The third-order valence-electron chi connectivity index (χ3n) is 3.31. The average molecular weight is 199 g/mol. The summed E-state index contributed by atoms with van der Waals surface area (Å²) in [4.78, 5) is 2.51. The molecule has 1 unspecified atom stereocenters. The monoisotopic (exact) mass is 199 g/mol. The van der Waals surface area contributed by atoms with E-state index in [0.717, 1.165) is 6.54 Å². The normalized spacial score (nSPS) is 25.7. The molecule has 2 nitrogen and oxygen atoms in total. The van der Waals surface area contributed by atoms with Crippen molar-refractivity contribution in [1.82, 2.24) is 4.90 Å². The molecule has 1 aliphatic heterocycles. The van der Waals surface area contributed by atoms with E-state index in [9.17, 15) is 0 Å². The molecule has 0 saturated carbocycles. The highest BCUT2D eigenvalue weighted by Gasteiger charge is 2.23. The van der Waals surface area contributed by atoms with Gasteiger partial charge in [-0.1, -0.05) is 20.8 Å². The van der Waals surface area contributed by atoms with Crippen LogP contribution in [0.1, 0.15) is 40.0 Å². The largest absolute Gasteiger partial charge is 0.396 e. The first-order valence-electron chi connectivity index (χ1n) is 5.87. The molecular formula is C12H25NO. The van der Waals surface area contributed by atoms with Crippen LogP contribution >= 0.6 is 0 Å². The number of likely N-dealkylation sites (tertiary alicyclic amines) is 1. The van der Waals surface area contributed by atoms with Crippen molar-refractivity contribution in [1.29, 1.82) is 0 Å². The zero-order valence-electron chi connectivity index (χ0n) is 9.92. The summed E-state index contributed by atoms with van der Waals surface area (Å²) in [5.41, 5.74) is 0.525. The predicted octanol–water partition coefficient (Wildman–Crippen LogP) is 2.13. The fourth-order valence-corrected chi connectivity index (χ4v) is 2.16. The third kappa shape index (κ3) is 3.97. The minimum atomic E-state index is 0.319. The molecule has 1 rings (SSSR count). The highest BCUT2D eigenvalue weighted by atomic mass is 16.3. The molecule has 0 aliphatic carbocycles. The van der Waals surface area contributed by atoms with E-state index in [1.54, 1.807) is 0 Å². The first-order chi connectivity index (χ1) is 6.53. The van der Waals surface area contributed by atoms with Crippen LogP contribution in [0.4, 0.5) is 0 Å². The lowest BCUT2D eigenvalue weighted by Gasteiger charge is -2.24. The molecule has 0 aromatic carbocycles. The molecule has 2 heteroatoms. The van der Waals surface area contributed by atoms with Gasteiger partial charge in [0.05, 0.1) is 0 Å². The van der Waals surface area contributed by atoms with Gasteiger partial charge < -0.3 is 10.0 Å². The van der Waals surface area contributed by atoms with Crippen molar-refractivity contribution in [3.8, 4) is 0 Å². The zero-order chi connectivity index (χ0) is 10.6. The van der Waals surface area contributed by atoms with E-state index in [0.29, 0.717) is 17.9 Å². The first kappa shape index (κ1) is 12.0. The molecule has 1 heterocycles. The van der Waals surface area contributed by atoms with Gasteiger partial charge in [-0.05, 0) is 43.7 Å². The first-order valence-corrected chi connectivity index (χ1v) is 5.87. The van der Waals surface area contributed by atoms with Crippen LogP contribution in [0.3, 0.4) is 0 Å². The molecule has 1 aliphatic rings. The van der Waals surface area contributed by atoms with E-state index in [1.165, 1.54) is 32.4 Å². The van der Waals surface area contributed by atoms with E-state index < -0.39 is 0 Å². The number of nitrogens with zero attached hydrogens (tertiary/aromatic N) is 1. The second kappa shape index (κ2) is 5.13. The van der Waals surface area contributed by atoms with Gasteiger partial charge in [-0.25, -0.2) is 0 Å². The van der Waals surface area contributed by atoms with Crippen molar-refractivity contribution in [2.45, 2.75) is 40.0 Å². The average Bonchev–Trinajstić information content (AvgIpc) is 2.28. The van der Waals surface area contributed by atoms with Gasteiger partial charge in [-0.3, -0.25) is 0 Å². The maximum absolute atomic E-state index is 9.01. The van der Waals surface area contributed by atoms with Gasteiger partial charge >= 0.3 is 0 Å². The summed E-state index contributed by atoms with van der Waals surface area (Å²) in [6.45, 7) is 10.7. The number of aliphatic hydroxyl groups is 1. The van der Waals surface area contributed by atoms with Gasteiger partial charge in [-0.2, -0.15) is 0 Å². The Hall–Kier alpha value is -0.0800. The summed E-state index contributed by atoms with van der Waals surface area (Å²) in [5.74, 6) is 0.427. The van der Waals surface area contributed by atoms with E-state index >= 15 is 0 Å². The molecule has 0 radical (unpaired) electrons. The number of aliphatic hydroxyl groups excluding tert-OH is 1. The zero-order valence-corrected chi connectivity index (χ0v) is 9.92. The Kier molecular flexibility index (Phi) is 4.39. The predicted molar refractivity (Wildman–Crippen MR) is 60.3 cm³/mol. The molecule has 1 fully saturated rings. The molecule has 0 spiro atoms. The Morgan fingerprint density at radius 3 is 2.64 bits per heavy atom. The second-order valence-electron chi connectivity index (χ2n) is 5.61. The Labute approximate surface area is 88.3 Å². The fraction of sp³-hybridized carbons (Fsp3) is 1.00. The van der Waals surface area contributed by atoms with Crippen LogP contribution in [-0.2, 0) is 0 Å². The van der Waals surface area contributed by atoms with Crippen LogP contribution in [-0.4, -0.2) is 36.2 Å². The van der Waals surface area contributed by atoms with Gasteiger partial charge in [0.25, 0.3) is 0 Å². The second-order valence-corrected chi connectivity index (χ2v) is 5.61. The minimum Gasteiger partial charge on any atom is -0.396 e. The standard InChI is InChI=1S/C12H25NO/c1-11(10-14)9-13-7-4-5-12(2,3)6-8-13/h11,14H,4-10H2,1-3H3. The van der Waals surface area contributed by atoms with Gasteiger partial charge in [-0.15, -0.1) is 0 Å². The van der Waals surface area contributed by atoms with Gasteiger partial charge in [0.2, 0.25) is 0 Å². The Balaban J connectivity index is 2.35. The summed E-state index contributed by atoms with van der Waals surface area (Å²) >= 11 is 0. The lowest BCUT2D eigenvalue weighted by Crippen LogP contribution is -2.31. The Morgan fingerprint density at radius 2 is 2.00 bits per heavy atom. The van der Waals surface area contributed by atoms with Crippen LogP contribution in [0, 0.1) is 11.3 Å². The van der Waals surface area contributed by atoms with E-state index in [-0.39, 0.29) is 0 Å². The molecular weight excluding hydrogens is 174 g/mol. The summed E-state index contributed by atoms with van der Waals surface area (Å²) < 4.78 is 0. The lowest BCUT2D eigenvalue weighted by molar-refractivity contribution is 0.172. The van der Waals surface area contributed by atoms with E-state index in [1.807, 2.05) is 0 Å². The Bertz CT molecular complexity index is 168. The SMILES string of the molecule is CC(CO)CN1CCCC(C)(C)CC1. The molecule has 0 aromatic heterocycles. The maximum atomic E-state index is 9.01. The molecule has 1 N–H and O–H groups in total. The smallest absolute Gasteiger partial charge is 0.0468 e. The quantitative estimate of drug-likeness (QED) is 0.752. The van der Waals surface area contributed by atoms with Crippen molar-refractivity contribution < 1.29 is 5.11 Å². The van der Waals surface area contributed by atoms with Crippen molar-refractivity contribution in [2.75, 3.05) is 26.2 Å². The van der Waals surface area contributed by atoms with Crippen LogP contribution in [0.25, 0.3) is 0 Å². The number of hydrogen-bond donors (Lipinski definition) is 1. The maximum Gasteiger partial charge on any atom is 0.0468 e. The lowest BCUT2D eigenvalue weighted by atomic mass is 9.85. The Morgan fingerprint density at radius 1 is 1.29 bits per heavy atom. The van der Waals surface area contributed by atoms with Crippen LogP contribution < -0.4 is 0 Å². The highest BCUT2D eigenvalue weighted by Crippen LogP contribution is 2.29. The fourth-order valence-electron chi connectivity index (χ4n) is 2.16. The van der Waals surface area contributed by atoms with E-state index in [4.69, 9.17) is 5.11 Å². The molecule has 1 saturated heterocycles. The topological polar surface area (TPSA) is 23.5 Å². The highest BCUT2D eigenvalue weighted by molar-refractivity contribution is 4.76. The van der Waals surface area contributed by atoms with Crippen LogP contribution in [0.15, 0.2) is 0 Å². The van der Waals surface area contributed by atoms with Crippen molar-refractivity contribution in [2.24, 2.45) is 11.3 Å². The molecule has 14 heavy (non-hydrogen) atoms. The summed E-state index contributed by atoms with van der Waals surface area (Å²) in [7, 11) is 0. The molecule has 0 amide bonds. The van der Waals surface area contributed by atoms with Crippen LogP contribution in [0.5, 0.6) is 0 Å². The van der Waals surface area contributed by atoms with Crippen molar-refractivity contribution >= 4 is 0 Å². The minimum absolute atomic E-state index is 0.319. The molecule has 0 aromatic rings. The van der Waals surface area contributed by atoms with Gasteiger partial charge in [0.1, 0.15) is 0 Å². The van der Waals surface area contributed by atoms with Crippen molar-refractivity contribution in [3.05, 3.63) is 0 Å². The number of hydrogen-bond acceptors (Lipinski definition) is 2. The van der Waals surface area contributed by atoms with Crippen molar-refractivity contribution in [3.63, 3.8) is 0 Å². The van der Waals surface area contributed by atoms with E-state index in [2.05, 4.69) is 25.7 Å². The summed E-state index contributed by atoms with van der Waals surface area (Å²) in [5, 5.41) is 9.01. The van der Waals surface area contributed by atoms with Crippen LogP contribution in [0.2, 0.25) is 0 Å². The number of rotatable bonds is 3. The van der Waals surface area contributed by atoms with Gasteiger partial charge in [0, 0.05) is 13.2 Å². The molecule has 84 valence electrons. The molecule has 0 bridgehead atoms. The molecule has 1 atom stereocenters. The van der Waals surface area contributed by atoms with Gasteiger partial charge in [0.15, 0.2) is 0 Å².